The molecule has 1 aromatic heterocycles. The van der Waals surface area contributed by atoms with E-state index in [0.29, 0.717) is 24.7 Å². The van der Waals surface area contributed by atoms with Crippen molar-refractivity contribution >= 4 is 5.91 Å². The van der Waals surface area contributed by atoms with Crippen molar-refractivity contribution in [2.24, 2.45) is 11.1 Å². The predicted octanol–water partition coefficient (Wildman–Crippen LogP) is 3.21. The van der Waals surface area contributed by atoms with Crippen LogP contribution in [0.25, 0.3) is 11.5 Å². The zero-order chi connectivity index (χ0) is 17.7. The lowest BCUT2D eigenvalue weighted by Gasteiger charge is -2.35. The minimum Gasteiger partial charge on any atom is -0.346 e. The van der Waals surface area contributed by atoms with Crippen LogP contribution >= 0.6 is 0 Å². The van der Waals surface area contributed by atoms with Gasteiger partial charge in [-0.1, -0.05) is 42.6 Å². The molecule has 1 heterocycles. The van der Waals surface area contributed by atoms with Gasteiger partial charge in [0.05, 0.1) is 6.04 Å². The molecule has 2 aromatic rings. The fourth-order valence-electron chi connectivity index (χ4n) is 3.56. The van der Waals surface area contributed by atoms with Gasteiger partial charge in [0.1, 0.15) is 0 Å². The van der Waals surface area contributed by atoms with Crippen molar-refractivity contribution in [1.82, 2.24) is 15.5 Å². The first-order valence-electron chi connectivity index (χ1n) is 9.00. The van der Waals surface area contributed by atoms with Gasteiger partial charge in [-0.05, 0) is 43.9 Å². The van der Waals surface area contributed by atoms with Crippen molar-refractivity contribution in [1.29, 1.82) is 0 Å². The lowest BCUT2D eigenvalue weighted by molar-refractivity contribution is -0.124. The highest BCUT2D eigenvalue weighted by atomic mass is 16.5. The Morgan fingerprint density at radius 2 is 2.00 bits per heavy atom. The van der Waals surface area contributed by atoms with Crippen LogP contribution in [0.5, 0.6) is 0 Å². The third kappa shape index (κ3) is 4.25. The monoisotopic (exact) mass is 342 g/mol. The molecule has 3 N–H and O–H groups in total. The SMILES string of the molecule is CC(NC(=O)CC1(CN)CCCCC1)c1noc(-c2ccccc2)n1. The molecule has 1 amide bonds. The Kier molecular flexibility index (Phi) is 5.48. The van der Waals surface area contributed by atoms with Crippen molar-refractivity contribution in [3.63, 3.8) is 0 Å². The van der Waals surface area contributed by atoms with Gasteiger partial charge in [0.15, 0.2) is 5.82 Å². The molecule has 25 heavy (non-hydrogen) atoms. The zero-order valence-electron chi connectivity index (χ0n) is 14.7. The molecular weight excluding hydrogens is 316 g/mol. The van der Waals surface area contributed by atoms with Crippen LogP contribution in [0.4, 0.5) is 0 Å². The van der Waals surface area contributed by atoms with Gasteiger partial charge >= 0.3 is 0 Å². The summed E-state index contributed by atoms with van der Waals surface area (Å²) in [5.74, 6) is 0.950. The molecule has 0 saturated heterocycles. The van der Waals surface area contributed by atoms with Crippen LogP contribution in [0.1, 0.15) is 57.3 Å². The number of nitrogens with one attached hydrogen (secondary N) is 1. The van der Waals surface area contributed by atoms with E-state index in [9.17, 15) is 4.79 Å². The molecule has 1 aliphatic carbocycles. The number of nitrogens with zero attached hydrogens (tertiary/aromatic N) is 2. The highest BCUT2D eigenvalue weighted by Gasteiger charge is 2.33. The predicted molar refractivity (Wildman–Crippen MR) is 95.5 cm³/mol. The van der Waals surface area contributed by atoms with Gasteiger partial charge in [-0.3, -0.25) is 4.79 Å². The van der Waals surface area contributed by atoms with Gasteiger partial charge in [-0.15, -0.1) is 0 Å². The average Bonchev–Trinajstić information content (AvgIpc) is 3.13. The zero-order valence-corrected chi connectivity index (χ0v) is 14.7. The molecule has 3 rings (SSSR count). The van der Waals surface area contributed by atoms with Crippen molar-refractivity contribution in [3.05, 3.63) is 36.2 Å². The normalized spacial score (nSPS) is 17.8. The Bertz CT molecular complexity index is 692. The van der Waals surface area contributed by atoms with Gasteiger partial charge in [0.2, 0.25) is 5.91 Å². The summed E-state index contributed by atoms with van der Waals surface area (Å²) in [7, 11) is 0. The molecule has 1 fully saturated rings. The summed E-state index contributed by atoms with van der Waals surface area (Å²) in [6, 6.07) is 9.29. The number of rotatable bonds is 6. The Hall–Kier alpha value is -2.21. The van der Waals surface area contributed by atoms with Crippen LogP contribution in [0.3, 0.4) is 0 Å². The minimum atomic E-state index is -0.299. The molecule has 6 nitrogen and oxygen atoms in total. The average molecular weight is 342 g/mol. The maximum Gasteiger partial charge on any atom is 0.257 e. The number of amides is 1. The number of hydrogen-bond acceptors (Lipinski definition) is 5. The molecule has 1 unspecified atom stereocenters. The van der Waals surface area contributed by atoms with E-state index in [1.54, 1.807) is 0 Å². The van der Waals surface area contributed by atoms with Crippen LogP contribution in [0.15, 0.2) is 34.9 Å². The fraction of sp³-hybridized carbons (Fsp3) is 0.526. The molecule has 1 saturated carbocycles. The van der Waals surface area contributed by atoms with E-state index in [4.69, 9.17) is 10.3 Å². The number of hydrogen-bond donors (Lipinski definition) is 2. The second kappa shape index (κ2) is 7.78. The second-order valence-corrected chi connectivity index (χ2v) is 7.05. The number of carbonyl (C=O) groups excluding carboxylic acids is 1. The third-order valence-electron chi connectivity index (χ3n) is 5.11. The van der Waals surface area contributed by atoms with E-state index in [0.717, 1.165) is 31.2 Å². The lowest BCUT2D eigenvalue weighted by Crippen LogP contribution is -2.39. The quantitative estimate of drug-likeness (QED) is 0.840. The summed E-state index contributed by atoms with van der Waals surface area (Å²) in [5.41, 5.74) is 6.79. The van der Waals surface area contributed by atoms with Crippen LogP contribution in [0, 0.1) is 5.41 Å². The molecule has 0 radical (unpaired) electrons. The maximum atomic E-state index is 12.5. The second-order valence-electron chi connectivity index (χ2n) is 7.05. The van der Waals surface area contributed by atoms with Crippen LogP contribution < -0.4 is 11.1 Å². The first-order valence-corrected chi connectivity index (χ1v) is 9.00. The molecule has 0 aliphatic heterocycles. The fourth-order valence-corrected chi connectivity index (χ4v) is 3.56. The lowest BCUT2D eigenvalue weighted by atomic mass is 9.71. The van der Waals surface area contributed by atoms with Crippen molar-refractivity contribution in [3.8, 4) is 11.5 Å². The Balaban J connectivity index is 1.61. The van der Waals surface area contributed by atoms with Crippen LogP contribution in [-0.2, 0) is 4.79 Å². The van der Waals surface area contributed by atoms with Crippen molar-refractivity contribution in [2.75, 3.05) is 6.54 Å². The van der Waals surface area contributed by atoms with Gasteiger partial charge < -0.3 is 15.6 Å². The summed E-state index contributed by atoms with van der Waals surface area (Å²) < 4.78 is 5.31. The molecule has 1 atom stereocenters. The first-order chi connectivity index (χ1) is 12.1. The number of aromatic nitrogens is 2. The van der Waals surface area contributed by atoms with Gasteiger partial charge in [0, 0.05) is 12.0 Å². The van der Waals surface area contributed by atoms with Gasteiger partial charge in [-0.2, -0.15) is 4.98 Å². The topological polar surface area (TPSA) is 94.0 Å². The first kappa shape index (κ1) is 17.6. The van der Waals surface area contributed by atoms with E-state index in [1.807, 2.05) is 37.3 Å². The van der Waals surface area contributed by atoms with Crippen LogP contribution in [-0.4, -0.2) is 22.6 Å². The summed E-state index contributed by atoms with van der Waals surface area (Å²) in [4.78, 5) is 16.9. The maximum absolute atomic E-state index is 12.5. The number of nitrogens with two attached hydrogens (primary N) is 1. The Labute approximate surface area is 148 Å². The van der Waals surface area contributed by atoms with Crippen molar-refractivity contribution < 1.29 is 9.32 Å². The smallest absolute Gasteiger partial charge is 0.257 e. The van der Waals surface area contributed by atoms with E-state index in [1.165, 1.54) is 6.42 Å². The molecular formula is C19H26N4O2. The summed E-state index contributed by atoms with van der Waals surface area (Å²) in [5, 5.41) is 6.99. The summed E-state index contributed by atoms with van der Waals surface area (Å²) >= 11 is 0. The number of carbonyl (C=O) groups is 1. The molecule has 134 valence electrons. The molecule has 6 heteroatoms. The molecule has 0 bridgehead atoms. The van der Waals surface area contributed by atoms with Crippen molar-refractivity contribution in [2.45, 2.75) is 51.5 Å². The summed E-state index contributed by atoms with van der Waals surface area (Å²) in [6.07, 6.45) is 6.09. The highest BCUT2D eigenvalue weighted by molar-refractivity contribution is 5.77. The standard InChI is InChI=1S/C19H26N4O2/c1-14(17-22-18(25-23-17)15-8-4-2-5-9-15)21-16(24)12-19(13-20)10-6-3-7-11-19/h2,4-5,8-9,14H,3,6-7,10-13,20H2,1H3,(H,21,24). The van der Waals surface area contributed by atoms with Gasteiger partial charge in [-0.25, -0.2) is 0 Å². The van der Waals surface area contributed by atoms with Gasteiger partial charge in [0.25, 0.3) is 5.89 Å². The summed E-state index contributed by atoms with van der Waals surface area (Å²) in [6.45, 7) is 2.43. The molecule has 1 aliphatic rings. The Morgan fingerprint density at radius 3 is 2.68 bits per heavy atom. The minimum absolute atomic E-state index is 0.00547. The van der Waals surface area contributed by atoms with E-state index in [2.05, 4.69) is 15.5 Å². The molecule has 0 spiro atoms. The van der Waals surface area contributed by atoms with Crippen LogP contribution in [0.2, 0.25) is 0 Å². The van der Waals surface area contributed by atoms with E-state index < -0.39 is 0 Å². The third-order valence-corrected chi connectivity index (χ3v) is 5.11. The number of benzene rings is 1. The largest absolute Gasteiger partial charge is 0.346 e. The van der Waals surface area contributed by atoms with E-state index >= 15 is 0 Å². The Morgan fingerprint density at radius 1 is 1.28 bits per heavy atom. The molecule has 1 aromatic carbocycles. The highest BCUT2D eigenvalue weighted by Crippen LogP contribution is 2.38. The van der Waals surface area contributed by atoms with E-state index in [-0.39, 0.29) is 17.4 Å².